The van der Waals surface area contributed by atoms with Crippen molar-refractivity contribution in [3.05, 3.63) is 41.5 Å². The Bertz CT molecular complexity index is 667. The van der Waals surface area contributed by atoms with Crippen molar-refractivity contribution in [1.82, 2.24) is 14.9 Å². The molecule has 2 rings (SSSR count). The Balaban J connectivity index is 2.32. The minimum absolute atomic E-state index is 0.146. The standard InChI is InChI=1S/C12H10F3N3O3/c1-2-7-5-9(11(19)20)17-18(7)21-8-3-4-16-10(6-8)12(13,14)15/h3-6H,2H2,1H3,(H,19,20). The number of rotatable bonds is 4. The minimum atomic E-state index is -4.59. The molecule has 1 N–H and O–H groups in total. The molecule has 6 nitrogen and oxygen atoms in total. The van der Waals surface area contributed by atoms with E-state index in [0.29, 0.717) is 18.2 Å². The lowest BCUT2D eigenvalue weighted by Crippen LogP contribution is -2.13. The second kappa shape index (κ2) is 5.43. The van der Waals surface area contributed by atoms with Gasteiger partial charge in [-0.2, -0.15) is 13.2 Å². The molecule has 0 aliphatic rings. The van der Waals surface area contributed by atoms with Crippen LogP contribution in [0.15, 0.2) is 24.4 Å². The van der Waals surface area contributed by atoms with E-state index in [4.69, 9.17) is 9.94 Å². The molecule has 21 heavy (non-hydrogen) atoms. The number of nitrogens with zero attached hydrogens (tertiary/aromatic N) is 3. The van der Waals surface area contributed by atoms with Crippen molar-refractivity contribution in [2.75, 3.05) is 0 Å². The van der Waals surface area contributed by atoms with E-state index in [-0.39, 0.29) is 11.4 Å². The maximum atomic E-state index is 12.5. The van der Waals surface area contributed by atoms with E-state index in [1.54, 1.807) is 6.92 Å². The molecule has 9 heteroatoms. The fraction of sp³-hybridized carbons (Fsp3) is 0.250. The summed E-state index contributed by atoms with van der Waals surface area (Å²) in [4.78, 5) is 20.1. The zero-order valence-corrected chi connectivity index (χ0v) is 10.8. The number of pyridine rings is 1. The summed E-state index contributed by atoms with van der Waals surface area (Å²) in [7, 11) is 0. The van der Waals surface area contributed by atoms with E-state index in [0.717, 1.165) is 11.0 Å². The van der Waals surface area contributed by atoms with Gasteiger partial charge in [-0.15, -0.1) is 5.10 Å². The van der Waals surface area contributed by atoms with Gasteiger partial charge < -0.3 is 9.94 Å². The highest BCUT2D eigenvalue weighted by Crippen LogP contribution is 2.29. The molecule has 0 bridgehead atoms. The lowest BCUT2D eigenvalue weighted by atomic mass is 10.3. The molecule has 0 spiro atoms. The molecule has 2 aromatic heterocycles. The Labute approximate surface area is 116 Å². The summed E-state index contributed by atoms with van der Waals surface area (Å²) in [5.74, 6) is -1.40. The van der Waals surface area contributed by atoms with Crippen LogP contribution in [0.2, 0.25) is 0 Å². The van der Waals surface area contributed by atoms with Crippen LogP contribution in [-0.2, 0) is 12.6 Å². The van der Waals surface area contributed by atoms with Gasteiger partial charge >= 0.3 is 12.1 Å². The van der Waals surface area contributed by atoms with Crippen molar-refractivity contribution < 1.29 is 27.9 Å². The van der Waals surface area contributed by atoms with Crippen molar-refractivity contribution in [3.8, 4) is 5.75 Å². The van der Waals surface area contributed by atoms with Crippen LogP contribution in [0.3, 0.4) is 0 Å². The van der Waals surface area contributed by atoms with Gasteiger partial charge in [-0.25, -0.2) is 4.79 Å². The average Bonchev–Trinajstić information content (AvgIpc) is 2.81. The minimum Gasteiger partial charge on any atom is -0.476 e. The number of carboxylic acid groups (broad SMARTS) is 1. The zero-order chi connectivity index (χ0) is 15.6. The fourth-order valence-electron chi connectivity index (χ4n) is 1.55. The van der Waals surface area contributed by atoms with Crippen molar-refractivity contribution in [2.45, 2.75) is 19.5 Å². The second-order valence-corrected chi connectivity index (χ2v) is 4.02. The number of halogens is 3. The Morgan fingerprint density at radius 1 is 1.43 bits per heavy atom. The van der Waals surface area contributed by atoms with Gasteiger partial charge in [0.2, 0.25) is 0 Å². The number of carbonyl (C=O) groups is 1. The van der Waals surface area contributed by atoms with Crippen molar-refractivity contribution >= 4 is 5.97 Å². The molecule has 0 radical (unpaired) electrons. The summed E-state index contributed by atoms with van der Waals surface area (Å²) in [6.07, 6.45) is -3.24. The number of carboxylic acids is 1. The highest BCUT2D eigenvalue weighted by molar-refractivity contribution is 5.85. The van der Waals surface area contributed by atoms with E-state index >= 15 is 0 Å². The summed E-state index contributed by atoms with van der Waals surface area (Å²) in [5.41, 5.74) is -0.946. The monoisotopic (exact) mass is 301 g/mol. The molecule has 0 fully saturated rings. The molecule has 0 atom stereocenters. The molecule has 0 aliphatic carbocycles. The third-order valence-corrected chi connectivity index (χ3v) is 2.54. The normalized spacial score (nSPS) is 11.4. The molecule has 2 heterocycles. The third-order valence-electron chi connectivity index (χ3n) is 2.54. The molecule has 0 unspecified atom stereocenters. The van der Waals surface area contributed by atoms with Crippen molar-refractivity contribution in [2.24, 2.45) is 0 Å². The molecular formula is C12H10F3N3O3. The van der Waals surface area contributed by atoms with Crippen LogP contribution in [-0.4, -0.2) is 26.0 Å². The first-order valence-corrected chi connectivity index (χ1v) is 5.85. The van der Waals surface area contributed by atoms with E-state index < -0.39 is 17.8 Å². The van der Waals surface area contributed by atoms with Gasteiger partial charge in [-0.05, 0) is 12.5 Å². The van der Waals surface area contributed by atoms with Gasteiger partial charge in [-0.3, -0.25) is 4.98 Å². The van der Waals surface area contributed by atoms with Crippen LogP contribution in [0.1, 0.15) is 28.8 Å². The number of aromatic carboxylic acids is 1. The van der Waals surface area contributed by atoms with Gasteiger partial charge in [0, 0.05) is 18.3 Å². The maximum absolute atomic E-state index is 12.5. The maximum Gasteiger partial charge on any atom is 0.433 e. The number of hydrogen-bond donors (Lipinski definition) is 1. The number of aromatic nitrogens is 3. The molecule has 0 aromatic carbocycles. The lowest BCUT2D eigenvalue weighted by Gasteiger charge is -2.09. The Hall–Kier alpha value is -2.58. The molecular weight excluding hydrogens is 291 g/mol. The topological polar surface area (TPSA) is 77.2 Å². The predicted octanol–water partition coefficient (Wildman–Crippen LogP) is 2.40. The SMILES string of the molecule is CCc1cc(C(=O)O)nn1Oc1ccnc(C(F)(F)F)c1. The molecule has 2 aromatic rings. The first-order chi connectivity index (χ1) is 9.81. The lowest BCUT2D eigenvalue weighted by molar-refractivity contribution is -0.141. The molecule has 0 saturated carbocycles. The van der Waals surface area contributed by atoms with Gasteiger partial charge in [0.05, 0.1) is 5.69 Å². The Morgan fingerprint density at radius 3 is 2.71 bits per heavy atom. The van der Waals surface area contributed by atoms with Crippen LogP contribution >= 0.6 is 0 Å². The van der Waals surface area contributed by atoms with E-state index in [1.807, 2.05) is 0 Å². The van der Waals surface area contributed by atoms with Gasteiger partial charge in [0.1, 0.15) is 5.69 Å². The quantitative estimate of drug-likeness (QED) is 0.938. The van der Waals surface area contributed by atoms with Gasteiger partial charge in [-0.1, -0.05) is 11.8 Å². The predicted molar refractivity (Wildman–Crippen MR) is 63.8 cm³/mol. The smallest absolute Gasteiger partial charge is 0.433 e. The highest BCUT2D eigenvalue weighted by atomic mass is 19.4. The van der Waals surface area contributed by atoms with Crippen LogP contribution < -0.4 is 4.84 Å². The summed E-state index contributed by atoms with van der Waals surface area (Å²) in [5, 5.41) is 12.5. The summed E-state index contributed by atoms with van der Waals surface area (Å²) >= 11 is 0. The number of alkyl halides is 3. The fourth-order valence-corrected chi connectivity index (χ4v) is 1.55. The Morgan fingerprint density at radius 2 is 2.14 bits per heavy atom. The molecule has 112 valence electrons. The first kappa shape index (κ1) is 14.8. The van der Waals surface area contributed by atoms with E-state index in [1.165, 1.54) is 12.1 Å². The largest absolute Gasteiger partial charge is 0.476 e. The summed E-state index contributed by atoms with van der Waals surface area (Å²) in [6, 6.07) is 3.21. The van der Waals surface area contributed by atoms with Crippen LogP contribution in [0.25, 0.3) is 0 Å². The summed E-state index contributed by atoms with van der Waals surface area (Å²) < 4.78 is 37.6. The summed E-state index contributed by atoms with van der Waals surface area (Å²) in [6.45, 7) is 1.73. The van der Waals surface area contributed by atoms with E-state index in [9.17, 15) is 18.0 Å². The second-order valence-electron chi connectivity index (χ2n) is 4.02. The highest BCUT2D eigenvalue weighted by Gasteiger charge is 2.32. The third kappa shape index (κ3) is 3.30. The zero-order valence-electron chi connectivity index (χ0n) is 10.8. The molecule has 0 amide bonds. The molecule has 0 aliphatic heterocycles. The van der Waals surface area contributed by atoms with Gasteiger partial charge in [0.25, 0.3) is 0 Å². The molecule has 0 saturated heterocycles. The van der Waals surface area contributed by atoms with Gasteiger partial charge in [0.15, 0.2) is 11.4 Å². The van der Waals surface area contributed by atoms with Crippen LogP contribution in [0, 0.1) is 0 Å². The number of hydrogen-bond acceptors (Lipinski definition) is 4. The number of aryl methyl sites for hydroxylation is 1. The van der Waals surface area contributed by atoms with Crippen molar-refractivity contribution in [3.63, 3.8) is 0 Å². The van der Waals surface area contributed by atoms with Crippen LogP contribution in [0.5, 0.6) is 5.75 Å². The average molecular weight is 301 g/mol. The first-order valence-electron chi connectivity index (χ1n) is 5.85. The van der Waals surface area contributed by atoms with E-state index in [2.05, 4.69) is 10.1 Å². The Kier molecular flexibility index (Phi) is 3.83. The van der Waals surface area contributed by atoms with Crippen LogP contribution in [0.4, 0.5) is 13.2 Å². The van der Waals surface area contributed by atoms with Crippen molar-refractivity contribution in [1.29, 1.82) is 0 Å².